The maximum Gasteiger partial charge on any atom is 0.254 e. The monoisotopic (exact) mass is 294 g/mol. The molecule has 0 spiro atoms. The van der Waals surface area contributed by atoms with Crippen molar-refractivity contribution in [1.29, 1.82) is 0 Å². The second-order valence-electron chi connectivity index (χ2n) is 5.92. The fraction of sp³-hybridized carbons (Fsp3) is 0.316. The van der Waals surface area contributed by atoms with Gasteiger partial charge in [-0.2, -0.15) is 0 Å². The molecule has 0 saturated carbocycles. The number of carbonyl (C=O) groups excluding carboxylic acids is 1. The van der Waals surface area contributed by atoms with E-state index in [2.05, 4.69) is 29.6 Å². The number of amides is 1. The minimum atomic E-state index is 0.145. The molecule has 1 saturated heterocycles. The quantitative estimate of drug-likeness (QED) is 0.944. The highest BCUT2D eigenvalue weighted by Crippen LogP contribution is 2.15. The average Bonchev–Trinajstić information content (AvgIpc) is 2.56. The van der Waals surface area contributed by atoms with Gasteiger partial charge in [-0.15, -0.1) is 0 Å². The van der Waals surface area contributed by atoms with Crippen molar-refractivity contribution in [3.8, 4) is 0 Å². The van der Waals surface area contributed by atoms with Gasteiger partial charge >= 0.3 is 0 Å². The van der Waals surface area contributed by atoms with Crippen molar-refractivity contribution in [2.45, 2.75) is 19.4 Å². The molecule has 1 amide bonds. The molecule has 1 aliphatic rings. The van der Waals surface area contributed by atoms with Gasteiger partial charge in [-0.05, 0) is 31.0 Å². The Morgan fingerprint density at radius 3 is 2.77 bits per heavy atom. The van der Waals surface area contributed by atoms with E-state index < -0.39 is 0 Å². The Kier molecular flexibility index (Phi) is 4.54. The maximum atomic E-state index is 12.9. The van der Waals surface area contributed by atoms with Crippen LogP contribution in [0, 0.1) is 6.92 Å². The number of rotatable bonds is 3. The van der Waals surface area contributed by atoms with Crippen LogP contribution >= 0.6 is 0 Å². The van der Waals surface area contributed by atoms with E-state index in [9.17, 15) is 4.79 Å². The summed E-state index contributed by atoms with van der Waals surface area (Å²) in [4.78, 5) is 14.9. The third kappa shape index (κ3) is 3.37. The van der Waals surface area contributed by atoms with Gasteiger partial charge in [0.05, 0.1) is 0 Å². The van der Waals surface area contributed by atoms with E-state index in [0.717, 1.165) is 37.2 Å². The van der Waals surface area contributed by atoms with E-state index in [1.54, 1.807) is 0 Å². The summed E-state index contributed by atoms with van der Waals surface area (Å²) in [6.45, 7) is 4.51. The zero-order valence-corrected chi connectivity index (χ0v) is 13.0. The summed E-state index contributed by atoms with van der Waals surface area (Å²) >= 11 is 0. The number of benzene rings is 2. The van der Waals surface area contributed by atoms with Crippen molar-refractivity contribution >= 4 is 5.91 Å². The van der Waals surface area contributed by atoms with Crippen molar-refractivity contribution in [2.24, 2.45) is 0 Å². The summed E-state index contributed by atoms with van der Waals surface area (Å²) in [7, 11) is 0. The fourth-order valence-corrected chi connectivity index (χ4v) is 3.04. The summed E-state index contributed by atoms with van der Waals surface area (Å²) in [5, 5.41) is 3.41. The van der Waals surface area contributed by atoms with E-state index in [4.69, 9.17) is 0 Å². The van der Waals surface area contributed by atoms with Crippen molar-refractivity contribution in [3.05, 3.63) is 71.3 Å². The second kappa shape index (κ2) is 6.75. The molecule has 3 nitrogen and oxygen atoms in total. The molecular weight excluding hydrogens is 272 g/mol. The Morgan fingerprint density at radius 2 is 2.00 bits per heavy atom. The molecule has 2 aromatic carbocycles. The largest absolute Gasteiger partial charge is 0.333 e. The maximum absolute atomic E-state index is 12.9. The highest BCUT2D eigenvalue weighted by atomic mass is 16.2. The van der Waals surface area contributed by atoms with Crippen molar-refractivity contribution in [1.82, 2.24) is 10.2 Å². The Hall–Kier alpha value is -2.13. The first-order valence-corrected chi connectivity index (χ1v) is 7.86. The topological polar surface area (TPSA) is 32.3 Å². The molecule has 2 aromatic rings. The van der Waals surface area contributed by atoms with Crippen LogP contribution in [-0.2, 0) is 6.42 Å². The van der Waals surface area contributed by atoms with Gasteiger partial charge in [0.15, 0.2) is 0 Å². The average molecular weight is 294 g/mol. The van der Waals surface area contributed by atoms with Gasteiger partial charge in [-0.1, -0.05) is 48.0 Å². The minimum Gasteiger partial charge on any atom is -0.333 e. The predicted molar refractivity (Wildman–Crippen MR) is 89.0 cm³/mol. The van der Waals surface area contributed by atoms with Crippen molar-refractivity contribution < 1.29 is 4.79 Å². The molecule has 3 rings (SSSR count). The summed E-state index contributed by atoms with van der Waals surface area (Å²) < 4.78 is 0. The number of hydrogen-bond acceptors (Lipinski definition) is 2. The van der Waals surface area contributed by atoms with Crippen LogP contribution in [0.5, 0.6) is 0 Å². The zero-order chi connectivity index (χ0) is 15.4. The molecule has 0 radical (unpaired) electrons. The smallest absolute Gasteiger partial charge is 0.254 e. The molecule has 3 heteroatoms. The molecule has 0 bridgehead atoms. The van der Waals surface area contributed by atoms with Crippen molar-refractivity contribution in [3.63, 3.8) is 0 Å². The highest BCUT2D eigenvalue weighted by Gasteiger charge is 2.27. The van der Waals surface area contributed by atoms with E-state index in [1.807, 2.05) is 42.2 Å². The summed E-state index contributed by atoms with van der Waals surface area (Å²) in [6, 6.07) is 18.5. The third-order valence-electron chi connectivity index (χ3n) is 4.19. The standard InChI is InChI=1S/C19H22N2O/c1-15-6-5-9-17(12-15)19(22)21-11-10-20-14-18(21)13-16-7-3-2-4-8-16/h2-9,12,18,20H,10-11,13-14H2,1H3. The van der Waals surface area contributed by atoms with Gasteiger partial charge in [0, 0.05) is 31.2 Å². The Labute approximate surface area is 132 Å². The Bertz CT molecular complexity index is 639. The Balaban J connectivity index is 1.79. The van der Waals surface area contributed by atoms with E-state index in [1.165, 1.54) is 5.56 Å². The fourth-order valence-electron chi connectivity index (χ4n) is 3.04. The molecule has 22 heavy (non-hydrogen) atoms. The summed E-state index contributed by atoms with van der Waals surface area (Å²) in [5.74, 6) is 0.145. The molecule has 1 unspecified atom stereocenters. The molecule has 1 atom stereocenters. The molecule has 1 fully saturated rings. The third-order valence-corrected chi connectivity index (χ3v) is 4.19. The lowest BCUT2D eigenvalue weighted by molar-refractivity contribution is 0.0636. The van der Waals surface area contributed by atoms with Crippen LogP contribution < -0.4 is 5.32 Å². The summed E-state index contributed by atoms with van der Waals surface area (Å²) in [6.07, 6.45) is 0.894. The minimum absolute atomic E-state index is 0.145. The first kappa shape index (κ1) is 14.8. The Morgan fingerprint density at radius 1 is 1.18 bits per heavy atom. The van der Waals surface area contributed by atoms with Gasteiger partial charge in [0.2, 0.25) is 0 Å². The van der Waals surface area contributed by atoms with Gasteiger partial charge in [0.25, 0.3) is 5.91 Å². The molecule has 1 heterocycles. The first-order chi connectivity index (χ1) is 10.7. The number of nitrogens with zero attached hydrogens (tertiary/aromatic N) is 1. The lowest BCUT2D eigenvalue weighted by Crippen LogP contribution is -2.54. The SMILES string of the molecule is Cc1cccc(C(=O)N2CCNCC2Cc2ccccc2)c1. The van der Waals surface area contributed by atoms with Crippen LogP contribution in [0.3, 0.4) is 0 Å². The summed E-state index contributed by atoms with van der Waals surface area (Å²) in [5.41, 5.74) is 3.19. The van der Waals surface area contributed by atoms with Gasteiger partial charge < -0.3 is 10.2 Å². The van der Waals surface area contributed by atoms with Gasteiger partial charge in [-0.3, -0.25) is 4.79 Å². The normalized spacial score (nSPS) is 18.2. The second-order valence-corrected chi connectivity index (χ2v) is 5.92. The van der Waals surface area contributed by atoms with Crippen LogP contribution in [0.2, 0.25) is 0 Å². The van der Waals surface area contributed by atoms with Gasteiger partial charge in [0.1, 0.15) is 0 Å². The molecule has 1 N–H and O–H groups in total. The van der Waals surface area contributed by atoms with Crippen LogP contribution in [0.15, 0.2) is 54.6 Å². The predicted octanol–water partition coefficient (Wildman–Crippen LogP) is 2.65. The lowest BCUT2D eigenvalue weighted by Gasteiger charge is -2.36. The van der Waals surface area contributed by atoms with Crippen LogP contribution in [0.25, 0.3) is 0 Å². The van der Waals surface area contributed by atoms with Crippen LogP contribution in [0.1, 0.15) is 21.5 Å². The van der Waals surface area contributed by atoms with E-state index in [0.29, 0.717) is 0 Å². The van der Waals surface area contributed by atoms with Gasteiger partial charge in [-0.25, -0.2) is 0 Å². The number of hydrogen-bond donors (Lipinski definition) is 1. The van der Waals surface area contributed by atoms with E-state index >= 15 is 0 Å². The van der Waals surface area contributed by atoms with Crippen molar-refractivity contribution in [2.75, 3.05) is 19.6 Å². The highest BCUT2D eigenvalue weighted by molar-refractivity contribution is 5.94. The lowest BCUT2D eigenvalue weighted by atomic mass is 10.0. The first-order valence-electron chi connectivity index (χ1n) is 7.86. The number of nitrogens with one attached hydrogen (secondary N) is 1. The van der Waals surface area contributed by atoms with Crippen LogP contribution in [-0.4, -0.2) is 36.5 Å². The molecule has 0 aliphatic carbocycles. The molecule has 0 aromatic heterocycles. The van der Waals surface area contributed by atoms with Crippen LogP contribution in [0.4, 0.5) is 0 Å². The zero-order valence-electron chi connectivity index (χ0n) is 13.0. The number of piperazine rings is 1. The molecule has 114 valence electrons. The van der Waals surface area contributed by atoms with E-state index in [-0.39, 0.29) is 11.9 Å². The number of aryl methyl sites for hydroxylation is 1. The number of carbonyl (C=O) groups is 1. The molecule has 1 aliphatic heterocycles. The molecular formula is C19H22N2O.